The summed E-state index contributed by atoms with van der Waals surface area (Å²) < 4.78 is 0. The van der Waals surface area contributed by atoms with Crippen LogP contribution < -0.4 is 0 Å². The molecule has 2 nitrogen and oxygen atoms in total. The van der Waals surface area contributed by atoms with Crippen LogP contribution in [0.1, 0.15) is 35.6 Å². The van der Waals surface area contributed by atoms with Gasteiger partial charge in [-0.15, -0.1) is 0 Å². The molecular formula is C27H27ClO2. The molecule has 1 unspecified atom stereocenters. The van der Waals surface area contributed by atoms with Gasteiger partial charge in [0, 0.05) is 10.9 Å². The molecule has 3 aromatic rings. The third-order valence-electron chi connectivity index (χ3n) is 5.54. The molecule has 30 heavy (non-hydrogen) atoms. The fraction of sp³-hybridized carbons (Fsp3) is 0.222. The Labute approximate surface area is 183 Å². The Morgan fingerprint density at radius 2 is 1.73 bits per heavy atom. The van der Waals surface area contributed by atoms with E-state index in [0.29, 0.717) is 11.4 Å². The monoisotopic (exact) mass is 418 g/mol. The maximum atomic E-state index is 11.5. The van der Waals surface area contributed by atoms with Crippen LogP contribution in [0, 0.1) is 12.8 Å². The fourth-order valence-electron chi connectivity index (χ4n) is 3.58. The lowest BCUT2D eigenvalue weighted by atomic mass is 9.95. The number of aliphatic hydroxyl groups excluding tert-OH is 1. The summed E-state index contributed by atoms with van der Waals surface area (Å²) in [6, 6.07) is 22.6. The molecule has 1 atom stereocenters. The van der Waals surface area contributed by atoms with Gasteiger partial charge in [0.15, 0.2) is 0 Å². The van der Waals surface area contributed by atoms with Gasteiger partial charge in [-0.25, -0.2) is 0 Å². The predicted molar refractivity (Wildman–Crippen MR) is 127 cm³/mol. The van der Waals surface area contributed by atoms with Gasteiger partial charge in [-0.05, 0) is 66.1 Å². The van der Waals surface area contributed by atoms with Crippen LogP contribution in [0.5, 0.6) is 0 Å². The highest BCUT2D eigenvalue weighted by molar-refractivity contribution is 6.32. The van der Waals surface area contributed by atoms with Crippen molar-refractivity contribution >= 4 is 29.5 Å². The minimum Gasteiger partial charge on any atom is -0.396 e. The largest absolute Gasteiger partial charge is 0.396 e. The van der Waals surface area contributed by atoms with E-state index in [-0.39, 0.29) is 18.3 Å². The van der Waals surface area contributed by atoms with Gasteiger partial charge < -0.3 is 5.11 Å². The van der Waals surface area contributed by atoms with Crippen LogP contribution in [0.2, 0.25) is 5.02 Å². The van der Waals surface area contributed by atoms with Crippen LogP contribution in [-0.2, 0) is 11.2 Å². The SMILES string of the molecule is CC(=O)C(CO)CCc1ccc(Cl)c(C=Cc2cccc(-c3ccccc3)c2C)c1. The van der Waals surface area contributed by atoms with E-state index in [0.717, 1.165) is 23.1 Å². The Kier molecular flexibility index (Phi) is 7.62. The molecule has 154 valence electrons. The quantitative estimate of drug-likeness (QED) is 0.417. The Hall–Kier alpha value is -2.68. The zero-order chi connectivity index (χ0) is 21.5. The van der Waals surface area contributed by atoms with Crippen LogP contribution in [-0.4, -0.2) is 17.5 Å². The van der Waals surface area contributed by atoms with Crippen LogP contribution in [0.15, 0.2) is 66.7 Å². The molecular weight excluding hydrogens is 392 g/mol. The molecule has 0 saturated carbocycles. The molecule has 0 fully saturated rings. The Morgan fingerprint density at radius 1 is 1.00 bits per heavy atom. The van der Waals surface area contributed by atoms with Crippen molar-refractivity contribution in [3.05, 3.63) is 94.0 Å². The number of ketones is 1. The van der Waals surface area contributed by atoms with Gasteiger partial charge in [0.25, 0.3) is 0 Å². The Bertz CT molecular complexity index is 1040. The molecule has 1 N–H and O–H groups in total. The van der Waals surface area contributed by atoms with Crippen molar-refractivity contribution in [1.82, 2.24) is 0 Å². The molecule has 0 heterocycles. The lowest BCUT2D eigenvalue weighted by molar-refractivity contribution is -0.122. The highest BCUT2D eigenvalue weighted by Gasteiger charge is 2.13. The first-order valence-electron chi connectivity index (χ1n) is 10.2. The summed E-state index contributed by atoms with van der Waals surface area (Å²) in [5.74, 6) is -0.275. The lowest BCUT2D eigenvalue weighted by Crippen LogP contribution is -2.16. The van der Waals surface area contributed by atoms with Crippen LogP contribution >= 0.6 is 11.6 Å². The van der Waals surface area contributed by atoms with Crippen molar-refractivity contribution in [2.24, 2.45) is 5.92 Å². The highest BCUT2D eigenvalue weighted by Crippen LogP contribution is 2.28. The first-order chi connectivity index (χ1) is 14.5. The lowest BCUT2D eigenvalue weighted by Gasteiger charge is -2.11. The Morgan fingerprint density at radius 3 is 2.43 bits per heavy atom. The van der Waals surface area contributed by atoms with Gasteiger partial charge in [-0.1, -0.05) is 84.4 Å². The normalized spacial score (nSPS) is 12.3. The van der Waals surface area contributed by atoms with Crippen molar-refractivity contribution < 1.29 is 9.90 Å². The summed E-state index contributed by atoms with van der Waals surface area (Å²) in [6.45, 7) is 3.56. The molecule has 3 heteroatoms. The number of hydrogen-bond donors (Lipinski definition) is 1. The van der Waals surface area contributed by atoms with Crippen molar-refractivity contribution in [3.63, 3.8) is 0 Å². The van der Waals surface area contributed by atoms with E-state index >= 15 is 0 Å². The molecule has 0 bridgehead atoms. The van der Waals surface area contributed by atoms with E-state index in [1.807, 2.05) is 24.3 Å². The Balaban J connectivity index is 1.82. The number of carbonyl (C=O) groups is 1. The van der Waals surface area contributed by atoms with Crippen LogP contribution in [0.3, 0.4) is 0 Å². The van der Waals surface area contributed by atoms with Crippen molar-refractivity contribution in [1.29, 1.82) is 0 Å². The molecule has 3 aromatic carbocycles. The van der Waals surface area contributed by atoms with E-state index in [2.05, 4.69) is 61.5 Å². The van der Waals surface area contributed by atoms with E-state index in [1.54, 1.807) is 0 Å². The minimum absolute atomic E-state index is 0.0281. The van der Waals surface area contributed by atoms with Crippen molar-refractivity contribution in [2.75, 3.05) is 6.61 Å². The average molecular weight is 419 g/mol. The maximum absolute atomic E-state index is 11.5. The number of benzene rings is 3. The van der Waals surface area contributed by atoms with E-state index in [4.69, 9.17) is 11.6 Å². The smallest absolute Gasteiger partial charge is 0.135 e. The summed E-state index contributed by atoms with van der Waals surface area (Å²) >= 11 is 6.42. The standard InChI is InChI=1S/C27H27ClO2/c1-19-22(9-6-10-26(19)23-7-4-3-5-8-23)14-15-24-17-21(12-16-27(24)28)11-13-25(18-29)20(2)30/h3-10,12,14-17,25,29H,11,13,18H2,1-2H3. The summed E-state index contributed by atoms with van der Waals surface area (Å²) in [5, 5.41) is 10.1. The first kappa shape index (κ1) is 22.0. The van der Waals surface area contributed by atoms with Crippen molar-refractivity contribution in [2.45, 2.75) is 26.7 Å². The van der Waals surface area contributed by atoms with Gasteiger partial charge >= 0.3 is 0 Å². The van der Waals surface area contributed by atoms with Crippen LogP contribution in [0.4, 0.5) is 0 Å². The second-order valence-corrected chi connectivity index (χ2v) is 8.01. The van der Waals surface area contributed by atoms with Gasteiger partial charge in [0.2, 0.25) is 0 Å². The summed E-state index contributed by atoms with van der Waals surface area (Å²) in [6.07, 6.45) is 5.50. The van der Waals surface area contributed by atoms with Gasteiger partial charge in [0.1, 0.15) is 5.78 Å². The van der Waals surface area contributed by atoms with Gasteiger partial charge in [0.05, 0.1) is 6.61 Å². The second-order valence-electron chi connectivity index (χ2n) is 7.60. The number of rotatable bonds is 8. The molecule has 0 saturated heterocycles. The molecule has 3 rings (SSSR count). The van der Waals surface area contributed by atoms with Crippen LogP contribution in [0.25, 0.3) is 23.3 Å². The number of aryl methyl sites for hydroxylation is 1. The summed E-state index contributed by atoms with van der Waals surface area (Å²) in [7, 11) is 0. The number of halogens is 1. The zero-order valence-electron chi connectivity index (χ0n) is 17.4. The molecule has 0 aliphatic rings. The van der Waals surface area contributed by atoms with E-state index in [1.165, 1.54) is 23.6 Å². The summed E-state index contributed by atoms with van der Waals surface area (Å²) in [4.78, 5) is 11.5. The molecule has 0 aliphatic carbocycles. The predicted octanol–water partition coefficient (Wildman–Crippen LogP) is 6.62. The number of Topliss-reactive ketones (excluding diaryl/α,β-unsaturated/α-hetero) is 1. The van der Waals surface area contributed by atoms with E-state index < -0.39 is 0 Å². The topological polar surface area (TPSA) is 37.3 Å². The van der Waals surface area contributed by atoms with Gasteiger partial charge in [-0.2, -0.15) is 0 Å². The average Bonchev–Trinajstić information content (AvgIpc) is 2.75. The minimum atomic E-state index is -0.303. The number of carbonyl (C=O) groups excluding carboxylic acids is 1. The zero-order valence-corrected chi connectivity index (χ0v) is 18.2. The highest BCUT2D eigenvalue weighted by atomic mass is 35.5. The summed E-state index contributed by atoms with van der Waals surface area (Å²) in [5.41, 5.74) is 6.84. The molecule has 0 amide bonds. The maximum Gasteiger partial charge on any atom is 0.135 e. The van der Waals surface area contributed by atoms with Gasteiger partial charge in [-0.3, -0.25) is 4.79 Å². The van der Waals surface area contributed by atoms with Crippen molar-refractivity contribution in [3.8, 4) is 11.1 Å². The fourth-order valence-corrected chi connectivity index (χ4v) is 3.77. The first-order valence-corrected chi connectivity index (χ1v) is 10.6. The second kappa shape index (κ2) is 10.4. The molecule has 0 radical (unpaired) electrons. The molecule has 0 aromatic heterocycles. The third-order valence-corrected chi connectivity index (χ3v) is 5.88. The third kappa shape index (κ3) is 5.47. The molecule has 0 aliphatic heterocycles. The number of hydrogen-bond acceptors (Lipinski definition) is 2. The van der Waals surface area contributed by atoms with E-state index in [9.17, 15) is 9.90 Å². The number of aliphatic hydroxyl groups is 1. The molecule has 0 spiro atoms.